The molecule has 1 aromatic carbocycles. The molecule has 3 heterocycles. The molecule has 1 aliphatic heterocycles. The summed E-state index contributed by atoms with van der Waals surface area (Å²) in [6.07, 6.45) is 4.53. The summed E-state index contributed by atoms with van der Waals surface area (Å²) in [6, 6.07) is 14.7. The minimum atomic E-state index is 0.0267. The van der Waals surface area contributed by atoms with Crippen molar-refractivity contribution in [3.05, 3.63) is 76.2 Å². The van der Waals surface area contributed by atoms with Gasteiger partial charge in [-0.1, -0.05) is 37.3 Å². The van der Waals surface area contributed by atoms with E-state index in [2.05, 4.69) is 68.9 Å². The van der Waals surface area contributed by atoms with Gasteiger partial charge in [0.25, 0.3) is 0 Å². The Morgan fingerprint density at radius 3 is 2.43 bits per heavy atom. The Morgan fingerprint density at radius 1 is 1.07 bits per heavy atom. The highest BCUT2D eigenvalue weighted by atomic mass is 32.1. The molecule has 3 aromatic rings. The molecule has 7 heteroatoms. The van der Waals surface area contributed by atoms with E-state index in [1.54, 1.807) is 23.7 Å². The zero-order valence-corrected chi connectivity index (χ0v) is 18.0. The number of carbonyl (C=O) groups is 1. The maximum absolute atomic E-state index is 12.9. The van der Waals surface area contributed by atoms with E-state index in [4.69, 9.17) is 0 Å². The van der Waals surface area contributed by atoms with E-state index in [0.29, 0.717) is 19.6 Å². The molecule has 0 unspecified atom stereocenters. The van der Waals surface area contributed by atoms with E-state index in [9.17, 15) is 4.79 Å². The molecule has 1 fully saturated rings. The second kappa shape index (κ2) is 9.82. The van der Waals surface area contributed by atoms with Gasteiger partial charge in [0.15, 0.2) is 0 Å². The lowest BCUT2D eigenvalue weighted by molar-refractivity contribution is -0.130. The number of hydrogen-bond donors (Lipinski definition) is 1. The molecular formula is C23H27N5OS. The quantitative estimate of drug-likeness (QED) is 0.635. The molecule has 30 heavy (non-hydrogen) atoms. The fourth-order valence-electron chi connectivity index (χ4n) is 3.70. The Morgan fingerprint density at radius 2 is 1.80 bits per heavy atom. The minimum Gasteiger partial charge on any atom is -0.338 e. The fraction of sp³-hybridized carbons (Fsp3) is 0.348. The monoisotopic (exact) mass is 421 g/mol. The van der Waals surface area contributed by atoms with Crippen LogP contribution in [0.15, 0.2) is 60.2 Å². The maximum Gasteiger partial charge on any atom is 0.236 e. The lowest BCUT2D eigenvalue weighted by Crippen LogP contribution is -2.51. The molecule has 2 aromatic heterocycles. The van der Waals surface area contributed by atoms with E-state index in [1.165, 1.54) is 16.0 Å². The smallest absolute Gasteiger partial charge is 0.236 e. The van der Waals surface area contributed by atoms with Gasteiger partial charge >= 0.3 is 0 Å². The van der Waals surface area contributed by atoms with Crippen molar-refractivity contribution >= 4 is 23.2 Å². The molecule has 0 aliphatic carbocycles. The number of piperazine rings is 1. The third-order valence-corrected chi connectivity index (χ3v) is 6.41. The summed E-state index contributed by atoms with van der Waals surface area (Å²) in [6.45, 7) is 5.36. The van der Waals surface area contributed by atoms with Crippen LogP contribution in [0.3, 0.4) is 0 Å². The van der Waals surface area contributed by atoms with Gasteiger partial charge < -0.3 is 9.80 Å². The fourth-order valence-corrected chi connectivity index (χ4v) is 4.52. The van der Waals surface area contributed by atoms with Gasteiger partial charge in [-0.15, -0.1) is 11.3 Å². The molecule has 0 spiro atoms. The standard InChI is InChI=1S/C23H27N5OS/c1-2-18-6-8-19(9-7-18)22(20-5-3-16-30-20)26-17-21(29)27-12-14-28(15-13-27)23-24-10-4-11-25-23/h3-11,16,22,26H,2,12-15,17H2,1H3/t22-/m1/s1. The van der Waals surface area contributed by atoms with Gasteiger partial charge in [-0.25, -0.2) is 9.97 Å². The van der Waals surface area contributed by atoms with Crippen LogP contribution in [0.1, 0.15) is 29.0 Å². The van der Waals surface area contributed by atoms with Crippen molar-refractivity contribution in [1.82, 2.24) is 20.2 Å². The van der Waals surface area contributed by atoms with Crippen molar-refractivity contribution in [2.75, 3.05) is 37.6 Å². The topological polar surface area (TPSA) is 61.4 Å². The Labute approximate surface area is 181 Å². The summed E-state index contributed by atoms with van der Waals surface area (Å²) in [5.41, 5.74) is 2.51. The van der Waals surface area contributed by atoms with Gasteiger partial charge in [0.05, 0.1) is 12.6 Å². The predicted molar refractivity (Wildman–Crippen MR) is 121 cm³/mol. The molecule has 4 rings (SSSR count). The van der Waals surface area contributed by atoms with Crippen LogP contribution in [-0.4, -0.2) is 53.5 Å². The van der Waals surface area contributed by atoms with Gasteiger partial charge in [-0.05, 0) is 35.1 Å². The first-order chi connectivity index (χ1) is 14.7. The number of carbonyl (C=O) groups excluding carboxylic acids is 1. The van der Waals surface area contributed by atoms with E-state index in [1.807, 2.05) is 11.0 Å². The van der Waals surface area contributed by atoms with E-state index in [0.717, 1.165) is 25.5 Å². The highest BCUT2D eigenvalue weighted by molar-refractivity contribution is 7.10. The zero-order valence-electron chi connectivity index (χ0n) is 17.2. The van der Waals surface area contributed by atoms with Crippen molar-refractivity contribution < 1.29 is 4.79 Å². The summed E-state index contributed by atoms with van der Waals surface area (Å²) in [5, 5.41) is 5.58. The molecule has 1 amide bonds. The molecule has 6 nitrogen and oxygen atoms in total. The Balaban J connectivity index is 1.36. The second-order valence-corrected chi connectivity index (χ2v) is 8.32. The number of thiophene rings is 1. The van der Waals surface area contributed by atoms with Crippen LogP contribution in [0.25, 0.3) is 0 Å². The summed E-state index contributed by atoms with van der Waals surface area (Å²) in [7, 11) is 0. The van der Waals surface area contributed by atoms with Crippen molar-refractivity contribution in [2.45, 2.75) is 19.4 Å². The highest BCUT2D eigenvalue weighted by Gasteiger charge is 2.23. The van der Waals surface area contributed by atoms with Gasteiger partial charge in [0, 0.05) is 43.4 Å². The molecule has 1 atom stereocenters. The van der Waals surface area contributed by atoms with Gasteiger partial charge in [0.1, 0.15) is 0 Å². The van der Waals surface area contributed by atoms with Crippen LogP contribution >= 0.6 is 11.3 Å². The van der Waals surface area contributed by atoms with E-state index >= 15 is 0 Å². The number of aryl methyl sites for hydroxylation is 1. The van der Waals surface area contributed by atoms with Crippen LogP contribution in [0.4, 0.5) is 5.95 Å². The number of nitrogens with one attached hydrogen (secondary N) is 1. The molecule has 1 N–H and O–H groups in total. The van der Waals surface area contributed by atoms with Crippen LogP contribution in [-0.2, 0) is 11.2 Å². The molecule has 0 radical (unpaired) electrons. The van der Waals surface area contributed by atoms with Crippen molar-refractivity contribution in [3.63, 3.8) is 0 Å². The van der Waals surface area contributed by atoms with Crippen LogP contribution in [0, 0.1) is 0 Å². The first-order valence-electron chi connectivity index (χ1n) is 10.4. The Kier molecular flexibility index (Phi) is 6.71. The summed E-state index contributed by atoms with van der Waals surface area (Å²) < 4.78 is 0. The third-order valence-electron chi connectivity index (χ3n) is 5.47. The maximum atomic E-state index is 12.9. The molecule has 0 bridgehead atoms. The van der Waals surface area contributed by atoms with E-state index in [-0.39, 0.29) is 11.9 Å². The van der Waals surface area contributed by atoms with Crippen LogP contribution < -0.4 is 10.2 Å². The summed E-state index contributed by atoms with van der Waals surface area (Å²) in [5.74, 6) is 0.867. The largest absolute Gasteiger partial charge is 0.338 e. The lowest BCUT2D eigenvalue weighted by Gasteiger charge is -2.35. The van der Waals surface area contributed by atoms with Gasteiger partial charge in [-0.2, -0.15) is 0 Å². The molecular weight excluding hydrogens is 394 g/mol. The SMILES string of the molecule is CCc1ccc([C@@H](NCC(=O)N2CCN(c3ncccn3)CC2)c2cccs2)cc1. The number of nitrogens with zero attached hydrogens (tertiary/aromatic N) is 4. The molecule has 1 aliphatic rings. The number of amides is 1. The average Bonchev–Trinajstić information content (AvgIpc) is 3.35. The van der Waals surface area contributed by atoms with Crippen molar-refractivity contribution in [2.24, 2.45) is 0 Å². The highest BCUT2D eigenvalue weighted by Crippen LogP contribution is 2.26. The summed E-state index contributed by atoms with van der Waals surface area (Å²) >= 11 is 1.71. The molecule has 1 saturated heterocycles. The van der Waals surface area contributed by atoms with Crippen LogP contribution in [0.5, 0.6) is 0 Å². The van der Waals surface area contributed by atoms with Crippen molar-refractivity contribution in [1.29, 1.82) is 0 Å². The first kappa shape index (κ1) is 20.5. The second-order valence-electron chi connectivity index (χ2n) is 7.34. The predicted octanol–water partition coefficient (Wildman–Crippen LogP) is 3.13. The van der Waals surface area contributed by atoms with Crippen molar-refractivity contribution in [3.8, 4) is 0 Å². The van der Waals surface area contributed by atoms with E-state index < -0.39 is 0 Å². The number of benzene rings is 1. The molecule has 0 saturated carbocycles. The molecule has 156 valence electrons. The number of aromatic nitrogens is 2. The lowest BCUT2D eigenvalue weighted by atomic mass is 10.0. The third kappa shape index (κ3) is 4.86. The average molecular weight is 422 g/mol. The zero-order chi connectivity index (χ0) is 20.8. The van der Waals surface area contributed by atoms with Gasteiger partial charge in [-0.3, -0.25) is 10.1 Å². The first-order valence-corrected chi connectivity index (χ1v) is 11.3. The Bertz CT molecular complexity index is 922. The number of rotatable bonds is 7. The summed E-state index contributed by atoms with van der Waals surface area (Å²) in [4.78, 5) is 26.8. The van der Waals surface area contributed by atoms with Crippen LogP contribution in [0.2, 0.25) is 0 Å². The number of anilines is 1. The number of hydrogen-bond acceptors (Lipinski definition) is 6. The van der Waals surface area contributed by atoms with Gasteiger partial charge in [0.2, 0.25) is 11.9 Å². The minimum absolute atomic E-state index is 0.0267. The normalized spacial score (nSPS) is 15.2. The Hall–Kier alpha value is -2.77.